The first-order valence-corrected chi connectivity index (χ1v) is 33.2. The third-order valence-electron chi connectivity index (χ3n) is 16.3. The summed E-state index contributed by atoms with van der Waals surface area (Å²) in [7, 11) is 0. The molecular formula is C66H123NO13. The topological polar surface area (TPSA) is 228 Å². The minimum atomic E-state index is -1.79. The van der Waals surface area contributed by atoms with Gasteiger partial charge in [-0.1, -0.05) is 256 Å². The van der Waals surface area contributed by atoms with Crippen LogP contribution in [0.3, 0.4) is 0 Å². The van der Waals surface area contributed by atoms with E-state index in [4.69, 9.17) is 18.9 Å². The van der Waals surface area contributed by atoms with E-state index in [1.54, 1.807) is 6.08 Å². The van der Waals surface area contributed by atoms with Crippen LogP contribution in [0.5, 0.6) is 0 Å². The zero-order valence-electron chi connectivity index (χ0n) is 50.8. The monoisotopic (exact) mass is 1140 g/mol. The fraction of sp³-hybridized carbons (Fsp3) is 0.894. The van der Waals surface area contributed by atoms with Gasteiger partial charge < -0.3 is 65.1 Å². The maximum atomic E-state index is 13.3. The van der Waals surface area contributed by atoms with Gasteiger partial charge in [-0.3, -0.25) is 4.79 Å². The first-order chi connectivity index (χ1) is 39.1. The largest absolute Gasteiger partial charge is 0.394 e. The van der Waals surface area contributed by atoms with Crippen LogP contribution in [0.2, 0.25) is 0 Å². The van der Waals surface area contributed by atoms with E-state index in [2.05, 4.69) is 43.5 Å². The fourth-order valence-electron chi connectivity index (χ4n) is 11.0. The Morgan fingerprint density at radius 2 is 0.800 bits per heavy atom. The number of amides is 1. The van der Waals surface area contributed by atoms with Crippen LogP contribution in [0.15, 0.2) is 36.5 Å². The minimum absolute atomic E-state index is 0.245. The quantitative estimate of drug-likeness (QED) is 0.0204. The van der Waals surface area contributed by atoms with E-state index in [1.807, 2.05) is 6.08 Å². The van der Waals surface area contributed by atoms with Crippen molar-refractivity contribution >= 4 is 5.91 Å². The van der Waals surface area contributed by atoms with E-state index >= 15 is 0 Å². The molecule has 2 aliphatic heterocycles. The smallest absolute Gasteiger partial charge is 0.220 e. The number of nitrogens with one attached hydrogen (secondary N) is 1. The van der Waals surface area contributed by atoms with Crippen LogP contribution in [0.25, 0.3) is 0 Å². The van der Waals surface area contributed by atoms with Crippen LogP contribution < -0.4 is 5.32 Å². The summed E-state index contributed by atoms with van der Waals surface area (Å²) >= 11 is 0. The maximum Gasteiger partial charge on any atom is 0.220 e. The number of carbonyl (C=O) groups excluding carboxylic acids is 1. The van der Waals surface area contributed by atoms with E-state index in [0.29, 0.717) is 12.8 Å². The molecular weight excluding hydrogens is 1010 g/mol. The predicted molar refractivity (Wildman–Crippen MR) is 323 cm³/mol. The van der Waals surface area contributed by atoms with E-state index in [0.717, 1.165) is 32.1 Å². The maximum absolute atomic E-state index is 13.3. The molecule has 470 valence electrons. The van der Waals surface area contributed by atoms with Crippen molar-refractivity contribution in [2.75, 3.05) is 19.8 Å². The van der Waals surface area contributed by atoms with Gasteiger partial charge >= 0.3 is 0 Å². The Bertz CT molecular complexity index is 1480. The number of hydrogen-bond acceptors (Lipinski definition) is 13. The summed E-state index contributed by atoms with van der Waals surface area (Å²) in [4.78, 5) is 13.3. The molecule has 2 fully saturated rings. The summed E-state index contributed by atoms with van der Waals surface area (Å²) in [5.74, 6) is -0.245. The van der Waals surface area contributed by atoms with Crippen LogP contribution in [0.1, 0.15) is 284 Å². The highest BCUT2D eigenvalue weighted by Gasteiger charge is 2.51. The van der Waals surface area contributed by atoms with Crippen LogP contribution in [0, 0.1) is 0 Å². The average molecular weight is 1140 g/mol. The van der Waals surface area contributed by atoms with Gasteiger partial charge in [0.1, 0.15) is 48.8 Å². The lowest BCUT2D eigenvalue weighted by molar-refractivity contribution is -0.359. The predicted octanol–water partition coefficient (Wildman–Crippen LogP) is 12.6. The number of rotatable bonds is 54. The summed E-state index contributed by atoms with van der Waals surface area (Å²) in [6.45, 7) is 2.81. The molecule has 14 nitrogen and oxygen atoms in total. The van der Waals surface area contributed by atoms with E-state index in [1.165, 1.54) is 218 Å². The Morgan fingerprint density at radius 1 is 0.438 bits per heavy atom. The van der Waals surface area contributed by atoms with Gasteiger partial charge in [0.15, 0.2) is 12.6 Å². The summed E-state index contributed by atoms with van der Waals surface area (Å²) in [6, 6.07) is -0.930. The summed E-state index contributed by atoms with van der Waals surface area (Å²) in [5.41, 5.74) is 0. The molecule has 14 heteroatoms. The number of unbranched alkanes of at least 4 members (excludes halogenated alkanes) is 37. The molecule has 0 saturated carbocycles. The van der Waals surface area contributed by atoms with Crippen molar-refractivity contribution in [3.63, 3.8) is 0 Å². The lowest BCUT2D eigenvalue weighted by Crippen LogP contribution is -2.65. The molecule has 1 amide bonds. The van der Waals surface area contributed by atoms with Crippen LogP contribution in [-0.4, -0.2) is 140 Å². The lowest BCUT2D eigenvalue weighted by atomic mass is 9.97. The van der Waals surface area contributed by atoms with Crippen LogP contribution in [0.4, 0.5) is 0 Å². The zero-order chi connectivity index (χ0) is 58.1. The second-order valence-corrected chi connectivity index (χ2v) is 23.6. The van der Waals surface area contributed by atoms with Gasteiger partial charge in [-0.2, -0.15) is 0 Å². The highest BCUT2D eigenvalue weighted by Crippen LogP contribution is 2.30. The Morgan fingerprint density at radius 3 is 1.23 bits per heavy atom. The Hall–Kier alpha value is -1.79. The third kappa shape index (κ3) is 36.1. The number of aliphatic hydroxyl groups is 8. The molecule has 0 aromatic heterocycles. The molecule has 0 radical (unpaired) electrons. The summed E-state index contributed by atoms with van der Waals surface area (Å²) in [6.07, 6.45) is 47.7. The van der Waals surface area contributed by atoms with Crippen molar-refractivity contribution in [3.05, 3.63) is 36.5 Å². The summed E-state index contributed by atoms with van der Waals surface area (Å²) in [5, 5.41) is 87.2. The van der Waals surface area contributed by atoms with Crippen molar-refractivity contribution in [2.45, 2.75) is 357 Å². The van der Waals surface area contributed by atoms with Gasteiger partial charge in [-0.25, -0.2) is 0 Å². The number of aliphatic hydroxyl groups excluding tert-OH is 8. The molecule has 0 aromatic rings. The van der Waals surface area contributed by atoms with Crippen molar-refractivity contribution in [3.8, 4) is 0 Å². The van der Waals surface area contributed by atoms with E-state index < -0.39 is 86.8 Å². The average Bonchev–Trinajstić information content (AvgIpc) is 3.46. The van der Waals surface area contributed by atoms with Crippen LogP contribution >= 0.6 is 0 Å². The van der Waals surface area contributed by atoms with Crippen molar-refractivity contribution < 1.29 is 64.6 Å². The number of hydrogen-bond donors (Lipinski definition) is 9. The molecule has 2 heterocycles. The molecule has 0 aromatic carbocycles. The Labute approximate surface area is 487 Å². The van der Waals surface area contributed by atoms with Crippen molar-refractivity contribution in [1.82, 2.24) is 5.32 Å². The number of allylic oxidation sites excluding steroid dienone is 5. The lowest BCUT2D eigenvalue weighted by Gasteiger charge is -2.46. The number of ether oxygens (including phenoxy) is 4. The summed E-state index contributed by atoms with van der Waals surface area (Å²) < 4.78 is 22.8. The molecule has 2 saturated heterocycles. The molecule has 2 aliphatic rings. The standard InChI is InChI=1S/C66H123NO13/c1-3-5-7-9-11-13-15-17-19-21-22-23-24-25-26-27-28-29-30-31-32-34-36-38-40-42-44-46-48-50-58(71)67-54(55(70)49-47-45-43-41-39-37-35-33-20-18-16-14-12-10-8-6-4-2)53-77-65-63(76)61(74)64(57(52-69)79-65)80-66-62(75)60(73)59(72)56(51-68)78-66/h21-22,39,41,47,49,54-57,59-66,68-70,72-76H,3-20,23-38,40,42-46,48,50-53H2,1-2H3,(H,67,71)/b22-21-,41-39+,49-47+. The SMILES string of the molecule is CCCCCCCCCC/C=C\CCCCCCCCCCCCCCCCCCCC(=O)NC(COC1OC(CO)C(OC2OC(CO)C(O)C(O)C2O)C(O)C1O)C(O)/C=C/CC/C=C/CCCCCCCCCCCCC. The molecule has 9 N–H and O–H groups in total. The molecule has 0 aliphatic carbocycles. The van der Waals surface area contributed by atoms with Gasteiger partial charge in [0.25, 0.3) is 0 Å². The zero-order valence-corrected chi connectivity index (χ0v) is 50.8. The highest BCUT2D eigenvalue weighted by atomic mass is 16.7. The van der Waals surface area contributed by atoms with Gasteiger partial charge in [-0.05, 0) is 57.8 Å². The molecule has 12 atom stereocenters. The Balaban J connectivity index is 1.68. The Kier molecular flexibility index (Phi) is 47.9. The normalized spacial score (nSPS) is 24.4. The highest BCUT2D eigenvalue weighted by molar-refractivity contribution is 5.76. The molecule has 0 bridgehead atoms. The molecule has 80 heavy (non-hydrogen) atoms. The van der Waals surface area contributed by atoms with Gasteiger partial charge in [0.2, 0.25) is 5.91 Å². The van der Waals surface area contributed by atoms with Crippen molar-refractivity contribution in [2.24, 2.45) is 0 Å². The van der Waals surface area contributed by atoms with E-state index in [9.17, 15) is 45.6 Å². The van der Waals surface area contributed by atoms with Crippen LogP contribution in [-0.2, 0) is 23.7 Å². The molecule has 0 spiro atoms. The molecule has 12 unspecified atom stereocenters. The van der Waals surface area contributed by atoms with E-state index in [-0.39, 0.29) is 18.9 Å². The van der Waals surface area contributed by atoms with Crippen molar-refractivity contribution in [1.29, 1.82) is 0 Å². The fourth-order valence-corrected chi connectivity index (χ4v) is 11.0. The van der Waals surface area contributed by atoms with Gasteiger partial charge in [0, 0.05) is 6.42 Å². The second kappa shape index (κ2) is 51.6. The second-order valence-electron chi connectivity index (χ2n) is 23.6. The third-order valence-corrected chi connectivity index (χ3v) is 16.3. The minimum Gasteiger partial charge on any atom is -0.394 e. The first kappa shape index (κ1) is 74.3. The van der Waals surface area contributed by atoms with Gasteiger partial charge in [0.05, 0.1) is 32.0 Å². The molecule has 2 rings (SSSR count). The van der Waals surface area contributed by atoms with Gasteiger partial charge in [-0.15, -0.1) is 0 Å². The number of carbonyl (C=O) groups is 1. The first-order valence-electron chi connectivity index (χ1n) is 33.2.